The highest BCUT2D eigenvalue weighted by molar-refractivity contribution is 5.36. The maximum absolute atomic E-state index is 9.70. The quantitative estimate of drug-likeness (QED) is 0.857. The number of aryl methyl sites for hydroxylation is 2. The Kier molecular flexibility index (Phi) is 4.75. The minimum atomic E-state index is 0.0451. The zero-order chi connectivity index (χ0) is 13.7. The molecule has 1 aliphatic rings. The fourth-order valence-corrected chi connectivity index (χ4v) is 2.87. The Labute approximate surface area is 115 Å². The van der Waals surface area contributed by atoms with Crippen LogP contribution in [-0.4, -0.2) is 28.2 Å². The maximum atomic E-state index is 9.70. The summed E-state index contributed by atoms with van der Waals surface area (Å²) in [5.41, 5.74) is 1.11. The van der Waals surface area contributed by atoms with E-state index in [4.69, 9.17) is 0 Å². The van der Waals surface area contributed by atoms with Crippen LogP contribution in [0.3, 0.4) is 0 Å². The summed E-state index contributed by atoms with van der Waals surface area (Å²) in [4.78, 5) is 8.81. The summed E-state index contributed by atoms with van der Waals surface area (Å²) in [6.45, 7) is 5.10. The molecule has 0 bridgehead atoms. The number of nitrogens with one attached hydrogen (secondary N) is 1. The van der Waals surface area contributed by atoms with Crippen molar-refractivity contribution in [3.05, 3.63) is 17.6 Å². The molecule has 0 atom stereocenters. The molecule has 4 nitrogen and oxygen atoms in total. The van der Waals surface area contributed by atoms with Crippen molar-refractivity contribution in [1.82, 2.24) is 9.97 Å². The summed E-state index contributed by atoms with van der Waals surface area (Å²) in [5.74, 6) is 1.70. The summed E-state index contributed by atoms with van der Waals surface area (Å²) in [6, 6.07) is 2.01. The van der Waals surface area contributed by atoms with Gasteiger partial charge in [0.1, 0.15) is 11.6 Å². The molecule has 0 radical (unpaired) electrons. The first-order valence-corrected chi connectivity index (χ1v) is 7.37. The van der Waals surface area contributed by atoms with Crippen molar-refractivity contribution >= 4 is 5.82 Å². The summed E-state index contributed by atoms with van der Waals surface area (Å²) < 4.78 is 0. The number of hydrogen-bond donors (Lipinski definition) is 2. The minimum absolute atomic E-state index is 0.0451. The van der Waals surface area contributed by atoms with Gasteiger partial charge >= 0.3 is 0 Å². The van der Waals surface area contributed by atoms with Crippen LogP contribution in [0.2, 0.25) is 0 Å². The van der Waals surface area contributed by atoms with Crippen molar-refractivity contribution in [2.24, 2.45) is 5.41 Å². The number of aromatic nitrogens is 2. The van der Waals surface area contributed by atoms with Crippen molar-refractivity contribution in [3.63, 3.8) is 0 Å². The number of hydrogen-bond acceptors (Lipinski definition) is 4. The molecular weight excluding hydrogens is 238 g/mol. The van der Waals surface area contributed by atoms with E-state index in [1.807, 2.05) is 13.0 Å². The molecule has 106 valence electrons. The molecule has 1 saturated carbocycles. The molecule has 0 aromatic carbocycles. The molecule has 1 aliphatic carbocycles. The highest BCUT2D eigenvalue weighted by Gasteiger charge is 2.31. The molecule has 0 unspecified atom stereocenters. The summed E-state index contributed by atoms with van der Waals surface area (Å²) in [6.07, 6.45) is 6.90. The van der Waals surface area contributed by atoms with E-state index in [0.717, 1.165) is 43.1 Å². The minimum Gasteiger partial charge on any atom is -0.396 e. The van der Waals surface area contributed by atoms with E-state index in [0.29, 0.717) is 0 Å². The van der Waals surface area contributed by atoms with E-state index in [1.165, 1.54) is 19.3 Å². The number of aliphatic hydroxyl groups is 1. The Hall–Kier alpha value is -1.16. The standard InChI is InChI=1S/C15H25N3O/c1-3-13-9-14(18-12(2)17-13)16-10-15(11-19)7-5-4-6-8-15/h9,19H,3-8,10-11H2,1-2H3,(H,16,17,18). The molecule has 1 fully saturated rings. The summed E-state index contributed by atoms with van der Waals surface area (Å²) in [7, 11) is 0. The molecule has 1 aromatic heterocycles. The van der Waals surface area contributed by atoms with Crippen LogP contribution in [0.5, 0.6) is 0 Å². The van der Waals surface area contributed by atoms with Crippen molar-refractivity contribution in [2.75, 3.05) is 18.5 Å². The van der Waals surface area contributed by atoms with Gasteiger partial charge in [0.25, 0.3) is 0 Å². The number of nitrogens with zero attached hydrogens (tertiary/aromatic N) is 2. The molecule has 0 aliphatic heterocycles. The van der Waals surface area contributed by atoms with Gasteiger partial charge in [-0.25, -0.2) is 9.97 Å². The zero-order valence-corrected chi connectivity index (χ0v) is 12.1. The fourth-order valence-electron chi connectivity index (χ4n) is 2.87. The molecule has 2 rings (SSSR count). The topological polar surface area (TPSA) is 58.0 Å². The Morgan fingerprint density at radius 2 is 2.00 bits per heavy atom. The number of aliphatic hydroxyl groups excluding tert-OH is 1. The van der Waals surface area contributed by atoms with E-state index in [1.54, 1.807) is 0 Å². The normalized spacial score (nSPS) is 18.3. The lowest BCUT2D eigenvalue weighted by molar-refractivity contribution is 0.0943. The summed E-state index contributed by atoms with van der Waals surface area (Å²) in [5, 5.41) is 13.1. The molecule has 2 N–H and O–H groups in total. The van der Waals surface area contributed by atoms with Crippen LogP contribution in [0.1, 0.15) is 50.5 Å². The van der Waals surface area contributed by atoms with Gasteiger partial charge in [-0.15, -0.1) is 0 Å². The highest BCUT2D eigenvalue weighted by atomic mass is 16.3. The van der Waals surface area contributed by atoms with Crippen LogP contribution in [0, 0.1) is 12.3 Å². The lowest BCUT2D eigenvalue weighted by Crippen LogP contribution is -2.35. The number of anilines is 1. The van der Waals surface area contributed by atoms with Gasteiger partial charge in [0.2, 0.25) is 0 Å². The van der Waals surface area contributed by atoms with Crippen LogP contribution in [-0.2, 0) is 6.42 Å². The average molecular weight is 263 g/mol. The van der Waals surface area contributed by atoms with E-state index >= 15 is 0 Å². The van der Waals surface area contributed by atoms with Gasteiger partial charge in [-0.2, -0.15) is 0 Å². The molecule has 0 saturated heterocycles. The molecule has 4 heteroatoms. The Balaban J connectivity index is 2.02. The van der Waals surface area contributed by atoms with Gasteiger partial charge in [0.15, 0.2) is 0 Å². The highest BCUT2D eigenvalue weighted by Crippen LogP contribution is 2.35. The van der Waals surface area contributed by atoms with Crippen LogP contribution in [0.25, 0.3) is 0 Å². The van der Waals surface area contributed by atoms with E-state index in [9.17, 15) is 5.11 Å². The van der Waals surface area contributed by atoms with E-state index in [-0.39, 0.29) is 12.0 Å². The van der Waals surface area contributed by atoms with Gasteiger partial charge < -0.3 is 10.4 Å². The van der Waals surface area contributed by atoms with Crippen molar-refractivity contribution in [3.8, 4) is 0 Å². The smallest absolute Gasteiger partial charge is 0.129 e. The van der Waals surface area contributed by atoms with Gasteiger partial charge in [-0.1, -0.05) is 26.2 Å². The van der Waals surface area contributed by atoms with Crippen LogP contribution in [0.4, 0.5) is 5.82 Å². The maximum Gasteiger partial charge on any atom is 0.129 e. The van der Waals surface area contributed by atoms with Crippen molar-refractivity contribution in [1.29, 1.82) is 0 Å². The third-order valence-electron chi connectivity index (χ3n) is 4.15. The van der Waals surface area contributed by atoms with Crippen molar-refractivity contribution < 1.29 is 5.11 Å². The van der Waals surface area contributed by atoms with E-state index < -0.39 is 0 Å². The third-order valence-corrected chi connectivity index (χ3v) is 4.15. The second-order valence-corrected chi connectivity index (χ2v) is 5.72. The van der Waals surface area contributed by atoms with Gasteiger partial charge in [0.05, 0.1) is 6.61 Å². The predicted octanol–water partition coefficient (Wildman–Crippen LogP) is 2.70. The molecule has 0 amide bonds. The Morgan fingerprint density at radius 1 is 1.26 bits per heavy atom. The lowest BCUT2D eigenvalue weighted by atomic mass is 9.74. The first-order chi connectivity index (χ1) is 9.17. The van der Waals surface area contributed by atoms with Crippen LogP contribution >= 0.6 is 0 Å². The lowest BCUT2D eigenvalue weighted by Gasteiger charge is -2.35. The zero-order valence-electron chi connectivity index (χ0n) is 12.1. The predicted molar refractivity (Wildman–Crippen MR) is 77.2 cm³/mol. The molecule has 1 heterocycles. The third kappa shape index (κ3) is 3.66. The largest absolute Gasteiger partial charge is 0.396 e. The van der Waals surface area contributed by atoms with Gasteiger partial charge in [-0.3, -0.25) is 0 Å². The Morgan fingerprint density at radius 3 is 2.63 bits per heavy atom. The van der Waals surface area contributed by atoms with Crippen LogP contribution in [0.15, 0.2) is 6.07 Å². The Bertz CT molecular complexity index is 414. The van der Waals surface area contributed by atoms with Crippen LogP contribution < -0.4 is 5.32 Å². The molecule has 0 spiro atoms. The SMILES string of the molecule is CCc1cc(NCC2(CO)CCCCC2)nc(C)n1. The van der Waals surface area contributed by atoms with E-state index in [2.05, 4.69) is 22.2 Å². The average Bonchev–Trinajstić information content (AvgIpc) is 2.45. The second-order valence-electron chi connectivity index (χ2n) is 5.72. The van der Waals surface area contributed by atoms with Crippen molar-refractivity contribution in [2.45, 2.75) is 52.4 Å². The van der Waals surface area contributed by atoms with Gasteiger partial charge in [0, 0.05) is 23.7 Å². The first-order valence-electron chi connectivity index (χ1n) is 7.37. The molecule has 1 aromatic rings. The fraction of sp³-hybridized carbons (Fsp3) is 0.733. The van der Waals surface area contributed by atoms with Gasteiger partial charge in [-0.05, 0) is 26.2 Å². The summed E-state index contributed by atoms with van der Waals surface area (Å²) >= 11 is 0. The molecular formula is C15H25N3O. The second kappa shape index (κ2) is 6.33. The number of rotatable bonds is 5. The molecule has 19 heavy (non-hydrogen) atoms. The first kappa shape index (κ1) is 14.3. The monoisotopic (exact) mass is 263 g/mol.